The fraction of sp³-hybridized carbons (Fsp3) is 0.773. The summed E-state index contributed by atoms with van der Waals surface area (Å²) in [6, 6.07) is 0. The Hall–Kier alpha value is -1.15. The molecule has 0 fully saturated rings. The molecule has 0 spiro atoms. The molecular weight excluding hydrogens is 575 g/mol. The van der Waals surface area contributed by atoms with E-state index >= 15 is 0 Å². The smallest absolute Gasteiger partial charge is 0.0171 e. The lowest BCUT2D eigenvalue weighted by Gasteiger charge is -2.30. The van der Waals surface area contributed by atoms with Crippen LogP contribution in [0.25, 0.3) is 0 Å². The Kier molecular flexibility index (Phi) is 57.1. The fourth-order valence-corrected chi connectivity index (χ4v) is 5.12. The molecule has 0 aliphatic rings. The van der Waals surface area contributed by atoms with Gasteiger partial charge < -0.3 is 5.32 Å². The summed E-state index contributed by atoms with van der Waals surface area (Å²) >= 11 is 0. The first-order valence-corrected chi connectivity index (χ1v) is 22.2. The highest BCUT2D eigenvalue weighted by Gasteiger charge is 2.08. The van der Waals surface area contributed by atoms with E-state index in [1.807, 2.05) is 59.9 Å². The van der Waals surface area contributed by atoms with Crippen molar-refractivity contribution >= 4 is 10.0 Å². The van der Waals surface area contributed by atoms with Crippen molar-refractivity contribution in [3.05, 3.63) is 60.9 Å². The van der Waals surface area contributed by atoms with Gasteiger partial charge in [0.15, 0.2) is 0 Å². The van der Waals surface area contributed by atoms with Crippen molar-refractivity contribution in [3.63, 3.8) is 0 Å². The summed E-state index contributed by atoms with van der Waals surface area (Å²) in [7, 11) is 1.71. The van der Waals surface area contributed by atoms with Crippen molar-refractivity contribution in [1.29, 1.82) is 0 Å². The summed E-state index contributed by atoms with van der Waals surface area (Å²) in [6.45, 7) is 38.7. The molecule has 0 aromatic rings. The molecule has 1 nitrogen and oxygen atoms in total. The van der Waals surface area contributed by atoms with E-state index in [-0.39, 0.29) is 10.0 Å². The molecule has 0 radical (unpaired) electrons. The molecule has 0 heterocycles. The quantitative estimate of drug-likeness (QED) is 0.113. The van der Waals surface area contributed by atoms with Gasteiger partial charge in [-0.2, -0.15) is 0 Å². The van der Waals surface area contributed by atoms with Gasteiger partial charge in [-0.25, -0.2) is 10.0 Å². The highest BCUT2D eigenvalue weighted by atomic mass is 32.3. The van der Waals surface area contributed by atoms with Gasteiger partial charge in [-0.1, -0.05) is 191 Å². The standard InChI is InChI=1S/C12H19N.C12H24.C9H22S.C7H16.2C2H6/c1-5-7-8-10-11(3)12(13-4)9-6-2;1-5-8-12(4)10-7-9-11(3)6-2;1-6-10(4,5)8-7-9(2)3;1-4-6-7(3)5-2;2*1-2/h5-11,13H,2H2,1,3-4H3;7,9,11-12H,5-6,8,10H2,1-4H3;9H,6-8H2,1-5H3;7H,4-6H2,1-3H3;2*1-2H3/b7-5-,10-8+,12-9-;9-7+;;;;. The molecular formula is C44H93NS. The topological polar surface area (TPSA) is 12.0 Å². The van der Waals surface area contributed by atoms with Crippen LogP contribution in [0.1, 0.15) is 162 Å². The summed E-state index contributed by atoms with van der Waals surface area (Å²) in [5.74, 6) is 6.72. The van der Waals surface area contributed by atoms with Crippen molar-refractivity contribution in [2.75, 3.05) is 31.1 Å². The zero-order valence-electron chi connectivity index (χ0n) is 35.7. The van der Waals surface area contributed by atoms with Gasteiger partial charge in [0.2, 0.25) is 0 Å². The molecule has 1 N–H and O–H groups in total. The summed E-state index contributed by atoms with van der Waals surface area (Å²) in [4.78, 5) is 0. The summed E-state index contributed by atoms with van der Waals surface area (Å²) < 4.78 is 0. The van der Waals surface area contributed by atoms with E-state index in [9.17, 15) is 0 Å². The maximum Gasteiger partial charge on any atom is 0.0171 e. The van der Waals surface area contributed by atoms with Crippen LogP contribution in [0, 0.1) is 29.6 Å². The Balaban J connectivity index is -0.000000114. The van der Waals surface area contributed by atoms with Crippen LogP contribution in [0.2, 0.25) is 0 Å². The number of nitrogens with one attached hydrogen (secondary N) is 1. The third-order valence-electron chi connectivity index (χ3n) is 7.72. The van der Waals surface area contributed by atoms with Crippen LogP contribution in [-0.4, -0.2) is 31.1 Å². The van der Waals surface area contributed by atoms with E-state index in [0.29, 0.717) is 5.92 Å². The van der Waals surface area contributed by atoms with Crippen LogP contribution >= 0.6 is 10.0 Å². The third-order valence-corrected chi connectivity index (χ3v) is 10.6. The Morgan fingerprint density at radius 2 is 1.26 bits per heavy atom. The van der Waals surface area contributed by atoms with E-state index in [4.69, 9.17) is 0 Å². The number of hydrogen-bond donors (Lipinski definition) is 1. The predicted molar refractivity (Wildman–Crippen MR) is 229 cm³/mol. The minimum Gasteiger partial charge on any atom is -0.391 e. The van der Waals surface area contributed by atoms with Gasteiger partial charge in [-0.05, 0) is 73.5 Å². The largest absolute Gasteiger partial charge is 0.391 e. The summed E-state index contributed by atoms with van der Waals surface area (Å²) in [6.07, 6.45) is 32.3. The highest BCUT2D eigenvalue weighted by molar-refractivity contribution is 8.32. The molecule has 0 rings (SSSR count). The van der Waals surface area contributed by atoms with Gasteiger partial charge in [-0.3, -0.25) is 0 Å². The lowest BCUT2D eigenvalue weighted by atomic mass is 10.0. The SMILES string of the molecule is C=C/C=C(\NC)C(C)/C=C/C=C\C.CC.CC.CCCC(C)C/C=C/C(C)CC.CCCC(C)CC.CCS(C)(C)CCC(C)C. The van der Waals surface area contributed by atoms with Gasteiger partial charge in [0.25, 0.3) is 0 Å². The number of rotatable bonds is 18. The fourth-order valence-electron chi connectivity index (χ4n) is 3.72. The molecule has 0 aliphatic heterocycles. The normalized spacial score (nSPS) is 14.1. The molecule has 0 aliphatic carbocycles. The Labute approximate surface area is 298 Å². The molecule has 0 bridgehead atoms. The number of allylic oxidation sites excluding steroid dienone is 8. The second-order valence-electron chi connectivity index (χ2n) is 13.0. The van der Waals surface area contributed by atoms with Gasteiger partial charge in [0.05, 0.1) is 0 Å². The van der Waals surface area contributed by atoms with Gasteiger partial charge >= 0.3 is 0 Å². The van der Waals surface area contributed by atoms with Crippen molar-refractivity contribution in [2.45, 2.75) is 162 Å². The molecule has 46 heavy (non-hydrogen) atoms. The maximum absolute atomic E-state index is 3.67. The third kappa shape index (κ3) is 52.4. The Bertz CT molecular complexity index is 667. The predicted octanol–water partition coefficient (Wildman–Crippen LogP) is 15.5. The summed E-state index contributed by atoms with van der Waals surface area (Å²) in [5.41, 5.74) is 1.18. The molecule has 4 atom stereocenters. The minimum absolute atomic E-state index is 0.215. The second kappa shape index (κ2) is 46.0. The van der Waals surface area contributed by atoms with E-state index in [2.05, 4.69) is 125 Å². The molecule has 2 heteroatoms. The summed E-state index contributed by atoms with van der Waals surface area (Å²) in [5, 5.41) is 3.14. The highest BCUT2D eigenvalue weighted by Crippen LogP contribution is 2.40. The maximum atomic E-state index is 3.67. The van der Waals surface area contributed by atoms with Crippen molar-refractivity contribution in [2.24, 2.45) is 29.6 Å². The van der Waals surface area contributed by atoms with Crippen LogP contribution in [0.3, 0.4) is 0 Å². The number of hydrogen-bond acceptors (Lipinski definition) is 1. The molecule has 4 unspecified atom stereocenters. The first-order chi connectivity index (χ1) is 21.7. The van der Waals surface area contributed by atoms with Crippen LogP contribution < -0.4 is 5.32 Å². The molecule has 0 amide bonds. The monoisotopic (exact) mass is 668 g/mol. The van der Waals surface area contributed by atoms with E-state index in [1.54, 1.807) is 6.08 Å². The van der Waals surface area contributed by atoms with Gasteiger partial charge in [0.1, 0.15) is 0 Å². The molecule has 280 valence electrons. The van der Waals surface area contributed by atoms with Crippen LogP contribution in [-0.2, 0) is 0 Å². The zero-order chi connectivity index (χ0) is 37.4. The van der Waals surface area contributed by atoms with Crippen molar-refractivity contribution in [1.82, 2.24) is 5.32 Å². The van der Waals surface area contributed by atoms with Crippen molar-refractivity contribution in [3.8, 4) is 0 Å². The average Bonchev–Trinajstić information content (AvgIpc) is 3.05. The van der Waals surface area contributed by atoms with Crippen molar-refractivity contribution < 1.29 is 0 Å². The minimum atomic E-state index is -0.215. The average molecular weight is 668 g/mol. The van der Waals surface area contributed by atoms with Crippen LogP contribution in [0.4, 0.5) is 0 Å². The van der Waals surface area contributed by atoms with Gasteiger partial charge in [0, 0.05) is 18.7 Å². The van der Waals surface area contributed by atoms with E-state index in [1.165, 1.54) is 68.6 Å². The van der Waals surface area contributed by atoms with E-state index in [0.717, 1.165) is 23.7 Å². The molecule has 0 aromatic heterocycles. The first-order valence-electron chi connectivity index (χ1n) is 19.4. The molecule has 0 saturated carbocycles. The second-order valence-corrected chi connectivity index (χ2v) is 17.5. The van der Waals surface area contributed by atoms with Crippen LogP contribution in [0.15, 0.2) is 60.9 Å². The lowest BCUT2D eigenvalue weighted by molar-refractivity contribution is 0.509. The molecule has 0 saturated heterocycles. The van der Waals surface area contributed by atoms with E-state index < -0.39 is 0 Å². The Morgan fingerprint density at radius 3 is 1.61 bits per heavy atom. The van der Waals surface area contributed by atoms with Crippen LogP contribution in [0.5, 0.6) is 0 Å². The Morgan fingerprint density at radius 1 is 0.739 bits per heavy atom. The zero-order valence-corrected chi connectivity index (χ0v) is 36.5. The molecule has 0 aromatic carbocycles. The lowest BCUT2D eigenvalue weighted by Crippen LogP contribution is -2.11. The van der Waals surface area contributed by atoms with Gasteiger partial charge in [-0.15, -0.1) is 0 Å². The first kappa shape index (κ1) is 57.1.